The molecule has 1 heterocycles. The average molecular weight is 236 g/mol. The Hall–Kier alpha value is -1.39. The molecule has 1 aromatic carbocycles. The highest BCUT2D eigenvalue weighted by molar-refractivity contribution is 5.98. The lowest BCUT2D eigenvalue weighted by Gasteiger charge is -2.09. The maximum Gasteiger partial charge on any atom is 0.166 e. The van der Waals surface area contributed by atoms with Crippen LogP contribution in [0.1, 0.15) is 23.2 Å². The molecule has 0 saturated carbocycles. The van der Waals surface area contributed by atoms with Gasteiger partial charge in [-0.05, 0) is 12.1 Å². The molecule has 0 bridgehead atoms. The Bertz CT molecular complexity index is 383. The molecule has 0 amide bonds. The normalized spacial score (nSPS) is 16.1. The molecule has 92 valence electrons. The molecule has 1 fully saturated rings. The molecule has 0 unspecified atom stereocenters. The first-order chi connectivity index (χ1) is 8.31. The van der Waals surface area contributed by atoms with Crippen LogP contribution in [0, 0.1) is 0 Å². The van der Waals surface area contributed by atoms with Gasteiger partial charge in [-0.3, -0.25) is 4.79 Å². The van der Waals surface area contributed by atoms with Gasteiger partial charge in [0.05, 0.1) is 25.9 Å². The van der Waals surface area contributed by atoms with E-state index in [1.807, 2.05) is 12.1 Å². The van der Waals surface area contributed by atoms with Crippen LogP contribution in [0.3, 0.4) is 0 Å². The van der Waals surface area contributed by atoms with Crippen LogP contribution in [0.4, 0.5) is 0 Å². The fraction of sp³-hybridized carbons (Fsp3) is 0.462. The van der Waals surface area contributed by atoms with E-state index in [-0.39, 0.29) is 12.1 Å². The summed E-state index contributed by atoms with van der Waals surface area (Å²) in [6.45, 7) is 1.24. The number of ether oxygens (including phenoxy) is 3. The van der Waals surface area contributed by atoms with Crippen molar-refractivity contribution >= 4 is 5.78 Å². The highest BCUT2D eigenvalue weighted by atomic mass is 16.7. The average Bonchev–Trinajstić information content (AvgIpc) is 2.89. The number of carbonyl (C=O) groups is 1. The molecule has 4 heteroatoms. The second-order valence-corrected chi connectivity index (χ2v) is 3.83. The number of Topliss-reactive ketones (excluding diaryl/α,β-unsaturated/α-hetero) is 1. The molecule has 0 aliphatic carbocycles. The highest BCUT2D eigenvalue weighted by Crippen LogP contribution is 2.21. The Morgan fingerprint density at radius 1 is 1.35 bits per heavy atom. The zero-order chi connectivity index (χ0) is 12.1. The minimum absolute atomic E-state index is 0.0570. The van der Waals surface area contributed by atoms with Gasteiger partial charge in [0, 0.05) is 12.8 Å². The van der Waals surface area contributed by atoms with Crippen LogP contribution in [-0.2, 0) is 9.47 Å². The van der Waals surface area contributed by atoms with Crippen molar-refractivity contribution in [2.24, 2.45) is 0 Å². The van der Waals surface area contributed by atoms with Crippen LogP contribution >= 0.6 is 0 Å². The Labute approximate surface area is 100 Å². The van der Waals surface area contributed by atoms with Gasteiger partial charge < -0.3 is 14.2 Å². The van der Waals surface area contributed by atoms with Crippen molar-refractivity contribution in [2.75, 3.05) is 20.3 Å². The third-order valence-corrected chi connectivity index (χ3v) is 2.71. The van der Waals surface area contributed by atoms with Crippen molar-refractivity contribution in [2.45, 2.75) is 19.1 Å². The summed E-state index contributed by atoms with van der Waals surface area (Å²) in [5.41, 5.74) is 0.619. The van der Waals surface area contributed by atoms with Crippen molar-refractivity contribution in [3.63, 3.8) is 0 Å². The number of methoxy groups -OCH3 is 1. The van der Waals surface area contributed by atoms with Gasteiger partial charge in [-0.1, -0.05) is 12.1 Å². The number of benzene rings is 1. The first-order valence-electron chi connectivity index (χ1n) is 5.70. The molecular weight excluding hydrogens is 220 g/mol. The Morgan fingerprint density at radius 2 is 2.06 bits per heavy atom. The Kier molecular flexibility index (Phi) is 4.12. The zero-order valence-electron chi connectivity index (χ0n) is 9.85. The maximum absolute atomic E-state index is 12.0. The van der Waals surface area contributed by atoms with Crippen LogP contribution in [-0.4, -0.2) is 32.4 Å². The van der Waals surface area contributed by atoms with Crippen molar-refractivity contribution in [1.29, 1.82) is 0 Å². The van der Waals surface area contributed by atoms with E-state index in [4.69, 9.17) is 14.2 Å². The van der Waals surface area contributed by atoms with E-state index >= 15 is 0 Å². The largest absolute Gasteiger partial charge is 0.496 e. The quantitative estimate of drug-likeness (QED) is 0.734. The van der Waals surface area contributed by atoms with Gasteiger partial charge in [0.15, 0.2) is 12.1 Å². The van der Waals surface area contributed by atoms with E-state index in [0.29, 0.717) is 37.4 Å². The summed E-state index contributed by atoms with van der Waals surface area (Å²) < 4.78 is 15.7. The molecule has 17 heavy (non-hydrogen) atoms. The molecular formula is C13H16O4. The third kappa shape index (κ3) is 3.05. The summed E-state index contributed by atoms with van der Waals surface area (Å²) in [6.07, 6.45) is 0.774. The van der Waals surface area contributed by atoms with Gasteiger partial charge in [-0.15, -0.1) is 0 Å². The Balaban J connectivity index is 1.94. The van der Waals surface area contributed by atoms with Crippen LogP contribution < -0.4 is 4.74 Å². The minimum atomic E-state index is -0.228. The van der Waals surface area contributed by atoms with E-state index in [1.54, 1.807) is 19.2 Å². The fourth-order valence-electron chi connectivity index (χ4n) is 1.83. The van der Waals surface area contributed by atoms with Crippen molar-refractivity contribution in [3.05, 3.63) is 29.8 Å². The molecule has 0 atom stereocenters. The smallest absolute Gasteiger partial charge is 0.166 e. The van der Waals surface area contributed by atoms with E-state index in [2.05, 4.69) is 0 Å². The summed E-state index contributed by atoms with van der Waals surface area (Å²) in [6, 6.07) is 7.24. The predicted molar refractivity (Wildman–Crippen MR) is 62.3 cm³/mol. The lowest BCUT2D eigenvalue weighted by molar-refractivity contribution is -0.0464. The number of para-hydroxylation sites is 1. The third-order valence-electron chi connectivity index (χ3n) is 2.71. The maximum atomic E-state index is 12.0. The molecule has 1 aliphatic heterocycles. The van der Waals surface area contributed by atoms with Crippen LogP contribution in [0.15, 0.2) is 24.3 Å². The second-order valence-electron chi connectivity index (χ2n) is 3.83. The molecule has 1 aliphatic rings. The van der Waals surface area contributed by atoms with Gasteiger partial charge in [0.1, 0.15) is 5.75 Å². The molecule has 0 aromatic heterocycles. The number of hydrogen-bond acceptors (Lipinski definition) is 4. The predicted octanol–water partition coefficient (Wildman–Crippen LogP) is 2.03. The summed E-state index contributed by atoms with van der Waals surface area (Å²) in [7, 11) is 1.56. The van der Waals surface area contributed by atoms with Crippen molar-refractivity contribution in [1.82, 2.24) is 0 Å². The van der Waals surface area contributed by atoms with Gasteiger partial charge in [0.2, 0.25) is 0 Å². The van der Waals surface area contributed by atoms with Crippen LogP contribution in [0.25, 0.3) is 0 Å². The topological polar surface area (TPSA) is 44.8 Å². The lowest BCUT2D eigenvalue weighted by Crippen LogP contribution is -2.11. The molecule has 1 saturated heterocycles. The molecule has 0 radical (unpaired) electrons. The van der Waals surface area contributed by atoms with E-state index in [0.717, 1.165) is 0 Å². The standard InChI is InChI=1S/C13H16O4/c1-15-12-5-3-2-4-10(12)11(14)6-7-13-16-8-9-17-13/h2-5,13H,6-9H2,1H3. The second kappa shape index (κ2) is 5.80. The SMILES string of the molecule is COc1ccccc1C(=O)CCC1OCCO1. The van der Waals surface area contributed by atoms with E-state index < -0.39 is 0 Å². The van der Waals surface area contributed by atoms with Crippen LogP contribution in [0.5, 0.6) is 5.75 Å². The van der Waals surface area contributed by atoms with Crippen LogP contribution in [0.2, 0.25) is 0 Å². The Morgan fingerprint density at radius 3 is 2.76 bits per heavy atom. The molecule has 0 spiro atoms. The van der Waals surface area contributed by atoms with E-state index in [9.17, 15) is 4.79 Å². The first kappa shape index (κ1) is 12.1. The number of ketones is 1. The van der Waals surface area contributed by atoms with Gasteiger partial charge in [-0.25, -0.2) is 0 Å². The summed E-state index contributed by atoms with van der Waals surface area (Å²) in [5.74, 6) is 0.673. The van der Waals surface area contributed by atoms with Gasteiger partial charge >= 0.3 is 0 Å². The van der Waals surface area contributed by atoms with Gasteiger partial charge in [0.25, 0.3) is 0 Å². The fourth-order valence-corrected chi connectivity index (χ4v) is 1.83. The molecule has 0 N–H and O–H groups in total. The minimum Gasteiger partial charge on any atom is -0.496 e. The molecule has 4 nitrogen and oxygen atoms in total. The molecule has 2 rings (SSSR count). The van der Waals surface area contributed by atoms with E-state index in [1.165, 1.54) is 0 Å². The molecule has 1 aromatic rings. The summed E-state index contributed by atoms with van der Waals surface area (Å²) >= 11 is 0. The summed E-state index contributed by atoms with van der Waals surface area (Å²) in [5, 5.41) is 0. The first-order valence-corrected chi connectivity index (χ1v) is 5.70. The lowest BCUT2D eigenvalue weighted by atomic mass is 10.1. The van der Waals surface area contributed by atoms with Gasteiger partial charge in [-0.2, -0.15) is 0 Å². The number of hydrogen-bond donors (Lipinski definition) is 0. The highest BCUT2D eigenvalue weighted by Gasteiger charge is 2.19. The summed E-state index contributed by atoms with van der Waals surface area (Å²) in [4.78, 5) is 12.0. The van der Waals surface area contributed by atoms with Crippen molar-refractivity contribution < 1.29 is 19.0 Å². The zero-order valence-corrected chi connectivity index (χ0v) is 9.85. The number of rotatable bonds is 5. The number of carbonyl (C=O) groups excluding carboxylic acids is 1. The monoisotopic (exact) mass is 236 g/mol. The van der Waals surface area contributed by atoms with Crippen molar-refractivity contribution in [3.8, 4) is 5.75 Å².